The molecular formula is C11H12ClNO4. The first-order valence-corrected chi connectivity index (χ1v) is 5.29. The summed E-state index contributed by atoms with van der Waals surface area (Å²) >= 11 is 5.48. The van der Waals surface area contributed by atoms with Crippen LogP contribution in [0.15, 0.2) is 29.3 Å². The molecule has 0 unspecified atom stereocenters. The van der Waals surface area contributed by atoms with Crippen LogP contribution >= 0.6 is 11.6 Å². The lowest BCUT2D eigenvalue weighted by Crippen LogP contribution is -2.02. The van der Waals surface area contributed by atoms with E-state index in [-0.39, 0.29) is 18.9 Å². The molecule has 0 aliphatic carbocycles. The molecule has 0 saturated carbocycles. The average Bonchev–Trinajstić information content (AvgIpc) is 2.35. The van der Waals surface area contributed by atoms with Crippen LogP contribution in [0.1, 0.15) is 12.5 Å². The Balaban J connectivity index is 2.89. The number of nitro groups is 1. The van der Waals surface area contributed by atoms with E-state index in [1.807, 2.05) is 0 Å². The van der Waals surface area contributed by atoms with Gasteiger partial charge in [-0.05, 0) is 18.6 Å². The van der Waals surface area contributed by atoms with Crippen molar-refractivity contribution in [3.63, 3.8) is 0 Å². The molecule has 0 fully saturated rings. The van der Waals surface area contributed by atoms with Gasteiger partial charge in [0.05, 0.1) is 11.5 Å². The fourth-order valence-corrected chi connectivity index (χ4v) is 1.23. The Hall–Kier alpha value is -1.59. The quantitative estimate of drug-likeness (QED) is 0.650. The topological polar surface area (TPSA) is 72.6 Å². The van der Waals surface area contributed by atoms with Gasteiger partial charge in [0, 0.05) is 23.2 Å². The predicted molar refractivity (Wildman–Crippen MR) is 64.1 cm³/mol. The Morgan fingerprint density at radius 3 is 2.88 bits per heavy atom. The second kappa shape index (κ2) is 6.22. The maximum Gasteiger partial charge on any atom is 0.270 e. The number of benzene rings is 1. The second-order valence-corrected chi connectivity index (χ2v) is 3.67. The average molecular weight is 258 g/mol. The Bertz CT molecular complexity index is 445. The number of hydrogen-bond acceptors (Lipinski definition) is 4. The summed E-state index contributed by atoms with van der Waals surface area (Å²) < 4.78 is 5.38. The van der Waals surface area contributed by atoms with E-state index in [9.17, 15) is 10.1 Å². The maximum atomic E-state index is 10.5. The number of aliphatic hydroxyl groups is 1. The van der Waals surface area contributed by atoms with Crippen molar-refractivity contribution in [3.05, 3.63) is 45.0 Å². The van der Waals surface area contributed by atoms with Crippen molar-refractivity contribution < 1.29 is 14.8 Å². The fourth-order valence-electron chi connectivity index (χ4n) is 1.17. The van der Waals surface area contributed by atoms with Crippen LogP contribution in [0.2, 0.25) is 0 Å². The number of rotatable bonds is 5. The lowest BCUT2D eigenvalue weighted by Gasteiger charge is -2.09. The molecule has 5 nitrogen and oxygen atoms in total. The van der Waals surface area contributed by atoms with E-state index in [2.05, 4.69) is 0 Å². The second-order valence-electron chi connectivity index (χ2n) is 3.45. The van der Waals surface area contributed by atoms with Crippen LogP contribution in [0.4, 0.5) is 5.69 Å². The minimum Gasteiger partial charge on any atom is -0.489 e. The summed E-state index contributed by atoms with van der Waals surface area (Å²) in [6.45, 7) is 1.74. The van der Waals surface area contributed by atoms with Crippen LogP contribution in [-0.4, -0.2) is 16.6 Å². The molecule has 1 N–H and O–H groups in total. The van der Waals surface area contributed by atoms with Crippen LogP contribution in [0.5, 0.6) is 5.75 Å². The third-order valence-electron chi connectivity index (χ3n) is 2.07. The molecule has 0 aliphatic heterocycles. The van der Waals surface area contributed by atoms with Crippen molar-refractivity contribution in [2.75, 3.05) is 6.61 Å². The highest BCUT2D eigenvalue weighted by atomic mass is 35.5. The SMILES string of the molecule is C/C(=C/Cl)COc1ccc([N+](=O)[O-])cc1CO. The number of aliphatic hydroxyl groups excluding tert-OH is 1. The van der Waals surface area contributed by atoms with E-state index < -0.39 is 4.92 Å². The van der Waals surface area contributed by atoms with Gasteiger partial charge < -0.3 is 9.84 Å². The summed E-state index contributed by atoms with van der Waals surface area (Å²) in [5.74, 6) is 0.413. The van der Waals surface area contributed by atoms with Gasteiger partial charge >= 0.3 is 0 Å². The lowest BCUT2D eigenvalue weighted by atomic mass is 10.2. The van der Waals surface area contributed by atoms with Crippen molar-refractivity contribution in [2.45, 2.75) is 13.5 Å². The van der Waals surface area contributed by atoms with Gasteiger partial charge in [0.2, 0.25) is 0 Å². The fraction of sp³-hybridized carbons (Fsp3) is 0.273. The molecule has 92 valence electrons. The Labute approximate surface area is 103 Å². The van der Waals surface area contributed by atoms with Crippen molar-refractivity contribution >= 4 is 17.3 Å². The van der Waals surface area contributed by atoms with Gasteiger partial charge in [-0.2, -0.15) is 0 Å². The molecule has 0 atom stereocenters. The van der Waals surface area contributed by atoms with E-state index in [0.29, 0.717) is 11.3 Å². The molecule has 1 aromatic carbocycles. The molecule has 17 heavy (non-hydrogen) atoms. The number of nitrogens with zero attached hydrogens (tertiary/aromatic N) is 1. The molecule has 0 spiro atoms. The Morgan fingerprint density at radius 2 is 2.35 bits per heavy atom. The molecular weight excluding hydrogens is 246 g/mol. The first-order valence-electron chi connectivity index (χ1n) is 4.85. The summed E-state index contributed by atoms with van der Waals surface area (Å²) in [5, 5.41) is 19.7. The van der Waals surface area contributed by atoms with Gasteiger partial charge in [0.1, 0.15) is 12.4 Å². The van der Waals surface area contributed by atoms with Gasteiger partial charge in [-0.1, -0.05) is 11.6 Å². The minimum atomic E-state index is -0.521. The summed E-state index contributed by atoms with van der Waals surface area (Å²) in [5.41, 5.74) is 2.51. The van der Waals surface area contributed by atoms with Crippen molar-refractivity contribution in [2.24, 2.45) is 0 Å². The van der Waals surface area contributed by atoms with Crippen LogP contribution < -0.4 is 4.74 Å². The van der Waals surface area contributed by atoms with Crippen molar-refractivity contribution in [1.29, 1.82) is 0 Å². The number of ether oxygens (including phenoxy) is 1. The molecule has 1 aromatic rings. The molecule has 0 aliphatic rings. The standard InChI is InChI=1S/C11H12ClNO4/c1-8(5-12)7-17-11-3-2-10(13(15)16)4-9(11)6-14/h2-5,14H,6-7H2,1H3/b8-5-. The van der Waals surface area contributed by atoms with Crippen LogP contribution in [0.25, 0.3) is 0 Å². The van der Waals surface area contributed by atoms with E-state index in [1.165, 1.54) is 23.7 Å². The van der Waals surface area contributed by atoms with Gasteiger partial charge in [-0.25, -0.2) is 0 Å². The highest BCUT2D eigenvalue weighted by Crippen LogP contribution is 2.24. The predicted octanol–water partition coefficient (Wildman–Crippen LogP) is 2.61. The van der Waals surface area contributed by atoms with E-state index >= 15 is 0 Å². The number of hydrogen-bond donors (Lipinski definition) is 1. The third kappa shape index (κ3) is 3.72. The summed E-state index contributed by atoms with van der Waals surface area (Å²) in [4.78, 5) is 10.0. The molecule has 0 heterocycles. The molecule has 1 rings (SSSR count). The lowest BCUT2D eigenvalue weighted by molar-refractivity contribution is -0.385. The van der Waals surface area contributed by atoms with E-state index in [1.54, 1.807) is 6.92 Å². The molecule has 0 radical (unpaired) electrons. The maximum absolute atomic E-state index is 10.5. The molecule has 6 heteroatoms. The van der Waals surface area contributed by atoms with E-state index in [4.69, 9.17) is 21.4 Å². The number of nitro benzene ring substituents is 1. The molecule has 0 bridgehead atoms. The van der Waals surface area contributed by atoms with Crippen molar-refractivity contribution in [1.82, 2.24) is 0 Å². The highest BCUT2D eigenvalue weighted by molar-refractivity contribution is 6.25. The largest absolute Gasteiger partial charge is 0.489 e. The van der Waals surface area contributed by atoms with Gasteiger partial charge in [-0.15, -0.1) is 0 Å². The smallest absolute Gasteiger partial charge is 0.270 e. The first-order chi connectivity index (χ1) is 8.08. The van der Waals surface area contributed by atoms with Gasteiger partial charge in [0.15, 0.2) is 0 Å². The van der Waals surface area contributed by atoms with Crippen molar-refractivity contribution in [3.8, 4) is 5.75 Å². The third-order valence-corrected chi connectivity index (χ3v) is 2.44. The number of non-ortho nitro benzene ring substituents is 1. The Morgan fingerprint density at radius 1 is 1.65 bits per heavy atom. The van der Waals surface area contributed by atoms with Crippen LogP contribution in [0.3, 0.4) is 0 Å². The van der Waals surface area contributed by atoms with Gasteiger partial charge in [0.25, 0.3) is 5.69 Å². The molecule has 0 saturated heterocycles. The first kappa shape index (κ1) is 13.5. The zero-order valence-electron chi connectivity index (χ0n) is 9.22. The Kier molecular flexibility index (Phi) is 4.93. The summed E-state index contributed by atoms with van der Waals surface area (Å²) in [7, 11) is 0. The summed E-state index contributed by atoms with van der Waals surface area (Å²) in [6, 6.07) is 4.08. The van der Waals surface area contributed by atoms with Crippen LogP contribution in [-0.2, 0) is 6.61 Å². The zero-order chi connectivity index (χ0) is 12.8. The normalized spacial score (nSPS) is 11.4. The zero-order valence-corrected chi connectivity index (χ0v) is 9.98. The molecule has 0 amide bonds. The number of halogens is 1. The van der Waals surface area contributed by atoms with Crippen LogP contribution in [0, 0.1) is 10.1 Å². The summed E-state index contributed by atoms with van der Waals surface area (Å²) in [6.07, 6.45) is 0. The minimum absolute atomic E-state index is 0.0778. The molecule has 0 aromatic heterocycles. The van der Waals surface area contributed by atoms with Gasteiger partial charge in [-0.3, -0.25) is 10.1 Å². The highest BCUT2D eigenvalue weighted by Gasteiger charge is 2.11. The monoisotopic (exact) mass is 257 g/mol. The van der Waals surface area contributed by atoms with E-state index in [0.717, 1.165) is 5.57 Å².